The van der Waals surface area contributed by atoms with E-state index in [4.69, 9.17) is 4.74 Å². The molecule has 0 radical (unpaired) electrons. The zero-order valence-electron chi connectivity index (χ0n) is 14.2. The van der Waals surface area contributed by atoms with E-state index in [9.17, 15) is 13.2 Å². The van der Waals surface area contributed by atoms with Crippen molar-refractivity contribution in [2.24, 2.45) is 5.92 Å². The van der Waals surface area contributed by atoms with Gasteiger partial charge in [-0.05, 0) is 30.5 Å². The van der Waals surface area contributed by atoms with Crippen LogP contribution >= 0.6 is 0 Å². The molecule has 2 saturated heterocycles. The number of carbonyl (C=O) groups excluding carboxylic acids is 1. The molecule has 0 unspecified atom stereocenters. The summed E-state index contributed by atoms with van der Waals surface area (Å²) in [6.07, 6.45) is 2.31. The van der Waals surface area contributed by atoms with Crippen LogP contribution in [0.5, 0.6) is 0 Å². The van der Waals surface area contributed by atoms with Crippen molar-refractivity contribution in [1.82, 2.24) is 10.2 Å². The van der Waals surface area contributed by atoms with Crippen LogP contribution in [0.25, 0.3) is 0 Å². The van der Waals surface area contributed by atoms with Crippen molar-refractivity contribution in [3.05, 3.63) is 35.4 Å². The van der Waals surface area contributed by atoms with E-state index in [1.54, 1.807) is 0 Å². The van der Waals surface area contributed by atoms with Gasteiger partial charge in [-0.25, -0.2) is 8.42 Å². The van der Waals surface area contributed by atoms with Crippen LogP contribution in [-0.4, -0.2) is 62.6 Å². The lowest BCUT2D eigenvalue weighted by molar-refractivity contribution is 0.00810. The van der Waals surface area contributed by atoms with Gasteiger partial charge in [0.05, 0.1) is 17.6 Å². The third-order valence-electron chi connectivity index (χ3n) is 5.64. The van der Waals surface area contributed by atoms with E-state index in [1.165, 1.54) is 0 Å². The van der Waals surface area contributed by atoms with Crippen molar-refractivity contribution in [2.45, 2.75) is 31.5 Å². The molecular formula is C18H24N2O4S. The summed E-state index contributed by atoms with van der Waals surface area (Å²) in [6.45, 7) is 2.70. The lowest BCUT2D eigenvalue weighted by Crippen LogP contribution is -2.53. The van der Waals surface area contributed by atoms with Crippen molar-refractivity contribution >= 4 is 15.7 Å². The molecule has 1 aromatic rings. The number of carbonyl (C=O) groups is 1. The predicted molar refractivity (Wildman–Crippen MR) is 94.1 cm³/mol. The first-order valence-electron chi connectivity index (χ1n) is 8.94. The van der Waals surface area contributed by atoms with Gasteiger partial charge in [-0.15, -0.1) is 0 Å². The molecule has 2 aliphatic heterocycles. The Labute approximate surface area is 148 Å². The van der Waals surface area contributed by atoms with Crippen molar-refractivity contribution in [2.75, 3.05) is 31.2 Å². The highest BCUT2D eigenvalue weighted by atomic mass is 32.2. The lowest BCUT2D eigenvalue weighted by atomic mass is 9.76. The zero-order chi connectivity index (χ0) is 17.4. The fourth-order valence-electron chi connectivity index (χ4n) is 3.94. The van der Waals surface area contributed by atoms with Crippen LogP contribution in [0.3, 0.4) is 0 Å². The largest absolute Gasteiger partial charge is 0.378 e. The van der Waals surface area contributed by atoms with Gasteiger partial charge in [0, 0.05) is 43.8 Å². The number of amides is 1. The summed E-state index contributed by atoms with van der Waals surface area (Å²) in [5.41, 5.74) is 1.77. The third kappa shape index (κ3) is 3.73. The molecule has 3 aliphatic rings. The molecule has 4 rings (SSSR count). The quantitative estimate of drug-likeness (QED) is 0.856. The Morgan fingerprint density at radius 2 is 1.92 bits per heavy atom. The summed E-state index contributed by atoms with van der Waals surface area (Å²) in [5.74, 6) is 0.936. The molecule has 0 spiro atoms. The van der Waals surface area contributed by atoms with Gasteiger partial charge < -0.3 is 10.1 Å². The molecule has 2 heterocycles. The van der Waals surface area contributed by atoms with Crippen LogP contribution < -0.4 is 5.32 Å². The van der Waals surface area contributed by atoms with Crippen LogP contribution in [0.15, 0.2) is 24.3 Å². The van der Waals surface area contributed by atoms with E-state index in [1.807, 2.05) is 24.3 Å². The van der Waals surface area contributed by atoms with Crippen molar-refractivity contribution in [1.29, 1.82) is 0 Å². The summed E-state index contributed by atoms with van der Waals surface area (Å²) in [4.78, 5) is 14.5. The van der Waals surface area contributed by atoms with Crippen molar-refractivity contribution in [3.63, 3.8) is 0 Å². The summed E-state index contributed by atoms with van der Waals surface area (Å²) in [7, 11) is -2.84. The third-order valence-corrected chi connectivity index (χ3v) is 7.25. The molecule has 136 valence electrons. The Morgan fingerprint density at radius 3 is 2.60 bits per heavy atom. The predicted octanol–water partition coefficient (Wildman–Crippen LogP) is 0.824. The first kappa shape index (κ1) is 17.0. The first-order chi connectivity index (χ1) is 12.0. The first-order valence-corrected chi connectivity index (χ1v) is 10.8. The summed E-state index contributed by atoms with van der Waals surface area (Å²) >= 11 is 0. The molecule has 6 nitrogen and oxygen atoms in total. The van der Waals surface area contributed by atoms with Gasteiger partial charge in [-0.2, -0.15) is 0 Å². The number of benzene rings is 1. The molecule has 1 amide bonds. The van der Waals surface area contributed by atoms with Gasteiger partial charge in [-0.1, -0.05) is 12.1 Å². The van der Waals surface area contributed by atoms with Gasteiger partial charge in [0.2, 0.25) is 0 Å². The highest BCUT2D eigenvalue weighted by Crippen LogP contribution is 2.38. The number of nitrogens with one attached hydrogen (secondary N) is 1. The maximum Gasteiger partial charge on any atom is 0.251 e. The maximum atomic E-state index is 12.4. The van der Waals surface area contributed by atoms with Crippen LogP contribution in [0.4, 0.5) is 0 Å². The minimum absolute atomic E-state index is 0.0223. The monoisotopic (exact) mass is 364 g/mol. The standard InChI is InChI=1S/C18H24N2O4S/c21-18(19-16-11-17-15(16)5-8-24-17)14-3-1-13(2-4-14)12-20-6-9-25(22,23)10-7-20/h1-4,15-17H,5-12H2,(H,19,21)/t15-,16+,17+/m0/s1. The molecule has 25 heavy (non-hydrogen) atoms. The number of ether oxygens (including phenoxy) is 1. The average Bonchev–Trinajstić information content (AvgIpc) is 2.96. The minimum Gasteiger partial charge on any atom is -0.378 e. The van der Waals surface area contributed by atoms with E-state index in [-0.39, 0.29) is 23.5 Å². The molecule has 1 aromatic carbocycles. The molecule has 0 bridgehead atoms. The van der Waals surface area contributed by atoms with Gasteiger partial charge in [0.1, 0.15) is 0 Å². The van der Waals surface area contributed by atoms with Gasteiger partial charge in [-0.3, -0.25) is 9.69 Å². The number of fused-ring (bicyclic) bond motifs is 1. The molecular weight excluding hydrogens is 340 g/mol. The molecule has 7 heteroatoms. The fourth-order valence-corrected chi connectivity index (χ4v) is 5.22. The maximum absolute atomic E-state index is 12.4. The second-order valence-corrected chi connectivity index (χ2v) is 9.61. The van der Waals surface area contributed by atoms with Crippen molar-refractivity contribution < 1.29 is 17.9 Å². The number of nitrogens with zero attached hydrogens (tertiary/aromatic N) is 1. The molecule has 1 saturated carbocycles. The Balaban J connectivity index is 1.30. The van der Waals surface area contributed by atoms with E-state index in [0.717, 1.165) is 31.6 Å². The second-order valence-electron chi connectivity index (χ2n) is 7.30. The van der Waals surface area contributed by atoms with E-state index >= 15 is 0 Å². The Morgan fingerprint density at radius 1 is 1.20 bits per heavy atom. The van der Waals surface area contributed by atoms with E-state index in [2.05, 4.69) is 10.2 Å². The zero-order valence-corrected chi connectivity index (χ0v) is 15.0. The molecule has 1 aliphatic carbocycles. The van der Waals surface area contributed by atoms with Crippen molar-refractivity contribution in [3.8, 4) is 0 Å². The Bertz CT molecular complexity index is 733. The fraction of sp³-hybridized carbons (Fsp3) is 0.611. The van der Waals surface area contributed by atoms with Crippen LogP contribution in [-0.2, 0) is 21.1 Å². The normalized spacial score (nSPS) is 31.1. The second kappa shape index (κ2) is 6.70. The highest BCUT2D eigenvalue weighted by molar-refractivity contribution is 7.91. The van der Waals surface area contributed by atoms with Gasteiger partial charge >= 0.3 is 0 Å². The number of sulfone groups is 1. The van der Waals surface area contributed by atoms with Crippen LogP contribution in [0.2, 0.25) is 0 Å². The van der Waals surface area contributed by atoms with Crippen LogP contribution in [0.1, 0.15) is 28.8 Å². The van der Waals surface area contributed by atoms with Gasteiger partial charge in [0.15, 0.2) is 9.84 Å². The number of hydrogen-bond acceptors (Lipinski definition) is 5. The van der Waals surface area contributed by atoms with Gasteiger partial charge in [0.25, 0.3) is 5.91 Å². The average molecular weight is 364 g/mol. The number of hydrogen-bond donors (Lipinski definition) is 1. The lowest BCUT2D eigenvalue weighted by Gasteiger charge is -2.39. The molecule has 0 aromatic heterocycles. The summed E-state index contributed by atoms with van der Waals surface area (Å²) in [5, 5.41) is 3.12. The van der Waals surface area contributed by atoms with E-state index < -0.39 is 9.84 Å². The molecule has 1 N–H and O–H groups in total. The SMILES string of the molecule is O=C(N[C@@H]1C[C@H]2OCC[C@@H]12)c1ccc(CN2CCS(=O)(=O)CC2)cc1. The minimum atomic E-state index is -2.84. The molecule has 3 atom stereocenters. The van der Waals surface area contributed by atoms with E-state index in [0.29, 0.717) is 30.7 Å². The smallest absolute Gasteiger partial charge is 0.251 e. The Hall–Kier alpha value is -1.44. The Kier molecular flexibility index (Phi) is 4.56. The van der Waals surface area contributed by atoms with Crippen LogP contribution in [0, 0.1) is 5.92 Å². The summed E-state index contributed by atoms with van der Waals surface area (Å²) in [6, 6.07) is 7.87. The summed E-state index contributed by atoms with van der Waals surface area (Å²) < 4.78 is 28.5. The molecule has 3 fully saturated rings. The highest BCUT2D eigenvalue weighted by Gasteiger charge is 2.45. The topological polar surface area (TPSA) is 75.7 Å². The number of rotatable bonds is 4.